The van der Waals surface area contributed by atoms with E-state index in [9.17, 15) is 4.79 Å². The zero-order valence-corrected chi connectivity index (χ0v) is 10.4. The van der Waals surface area contributed by atoms with Crippen LogP contribution in [0.25, 0.3) is 10.8 Å². The van der Waals surface area contributed by atoms with Crippen molar-refractivity contribution in [2.45, 2.75) is 18.8 Å². The number of hydrogen-bond acceptors (Lipinski definition) is 2. The minimum atomic E-state index is -0.0159. The summed E-state index contributed by atoms with van der Waals surface area (Å²) in [4.78, 5) is 16.8. The SMILES string of the molecule is O=c1c2ccccc2ccn1-n1cnc(C2CC2)c1. The van der Waals surface area contributed by atoms with Crippen LogP contribution in [0.15, 0.2) is 53.8 Å². The van der Waals surface area contributed by atoms with Crippen LogP contribution >= 0.6 is 0 Å². The average molecular weight is 251 g/mol. The van der Waals surface area contributed by atoms with E-state index in [1.807, 2.05) is 36.5 Å². The molecule has 2 heterocycles. The molecule has 3 aromatic rings. The quantitative estimate of drug-likeness (QED) is 0.701. The molecule has 0 amide bonds. The van der Waals surface area contributed by atoms with Gasteiger partial charge in [-0.1, -0.05) is 18.2 Å². The van der Waals surface area contributed by atoms with Gasteiger partial charge in [-0.15, -0.1) is 0 Å². The maximum Gasteiger partial charge on any atom is 0.277 e. The van der Waals surface area contributed by atoms with Crippen molar-refractivity contribution in [3.8, 4) is 0 Å². The predicted molar refractivity (Wildman–Crippen MR) is 73.2 cm³/mol. The number of pyridine rings is 1. The number of hydrogen-bond donors (Lipinski definition) is 0. The third-order valence-corrected chi connectivity index (χ3v) is 3.63. The summed E-state index contributed by atoms with van der Waals surface area (Å²) in [5, 5.41) is 1.69. The minimum absolute atomic E-state index is 0.0159. The molecule has 0 saturated heterocycles. The molecule has 1 saturated carbocycles. The predicted octanol–water partition coefficient (Wildman–Crippen LogP) is 2.39. The first-order chi connectivity index (χ1) is 9.33. The Bertz CT molecular complexity index is 811. The van der Waals surface area contributed by atoms with Crippen LogP contribution < -0.4 is 5.56 Å². The molecule has 2 aromatic heterocycles. The standard InChI is InChI=1S/C15H13N3O/c19-15-13-4-2-1-3-11(13)7-8-18(15)17-9-14(16-10-17)12-5-6-12/h1-4,7-10,12H,5-6H2. The van der Waals surface area contributed by atoms with E-state index < -0.39 is 0 Å². The smallest absolute Gasteiger partial charge is 0.267 e. The maximum absolute atomic E-state index is 12.4. The van der Waals surface area contributed by atoms with Gasteiger partial charge in [-0.2, -0.15) is 0 Å². The Morgan fingerprint density at radius 3 is 2.84 bits per heavy atom. The average Bonchev–Trinajstić information content (AvgIpc) is 3.18. The Morgan fingerprint density at radius 1 is 1.16 bits per heavy atom. The van der Waals surface area contributed by atoms with E-state index in [0.717, 1.165) is 16.5 Å². The van der Waals surface area contributed by atoms with Crippen molar-refractivity contribution in [2.24, 2.45) is 0 Å². The topological polar surface area (TPSA) is 39.8 Å². The molecule has 1 aliphatic rings. The van der Waals surface area contributed by atoms with Crippen molar-refractivity contribution in [2.75, 3.05) is 0 Å². The fourth-order valence-corrected chi connectivity index (χ4v) is 2.40. The number of benzene rings is 1. The van der Waals surface area contributed by atoms with Gasteiger partial charge in [-0.05, 0) is 30.4 Å². The monoisotopic (exact) mass is 251 g/mol. The van der Waals surface area contributed by atoms with Gasteiger partial charge in [0.15, 0.2) is 0 Å². The summed E-state index contributed by atoms with van der Waals surface area (Å²) in [5.74, 6) is 0.595. The lowest BCUT2D eigenvalue weighted by Crippen LogP contribution is -2.24. The molecule has 0 N–H and O–H groups in total. The van der Waals surface area contributed by atoms with E-state index in [2.05, 4.69) is 4.98 Å². The number of rotatable bonds is 2. The summed E-state index contributed by atoms with van der Waals surface area (Å²) in [5.41, 5.74) is 1.07. The largest absolute Gasteiger partial charge is 0.277 e. The molecule has 1 aliphatic carbocycles. The van der Waals surface area contributed by atoms with Gasteiger partial charge in [-0.25, -0.2) is 14.3 Å². The molecule has 1 fully saturated rings. The zero-order chi connectivity index (χ0) is 12.8. The van der Waals surface area contributed by atoms with Crippen molar-refractivity contribution in [1.82, 2.24) is 14.3 Å². The van der Waals surface area contributed by atoms with Crippen molar-refractivity contribution in [1.29, 1.82) is 0 Å². The Hall–Kier alpha value is -2.36. The highest BCUT2D eigenvalue weighted by atomic mass is 16.1. The second-order valence-corrected chi connectivity index (χ2v) is 5.01. The molecule has 94 valence electrons. The zero-order valence-electron chi connectivity index (χ0n) is 10.4. The Morgan fingerprint density at radius 2 is 2.00 bits per heavy atom. The molecule has 0 bridgehead atoms. The number of fused-ring (bicyclic) bond motifs is 1. The Balaban J connectivity index is 1.89. The van der Waals surface area contributed by atoms with Gasteiger partial charge in [-0.3, -0.25) is 4.79 Å². The molecular formula is C15H13N3O. The highest BCUT2D eigenvalue weighted by Crippen LogP contribution is 2.38. The third kappa shape index (κ3) is 1.68. The molecule has 1 aromatic carbocycles. The van der Waals surface area contributed by atoms with Crippen LogP contribution in [0, 0.1) is 0 Å². The number of imidazole rings is 1. The summed E-state index contributed by atoms with van der Waals surface area (Å²) in [6, 6.07) is 9.58. The molecule has 0 atom stereocenters. The van der Waals surface area contributed by atoms with Gasteiger partial charge >= 0.3 is 0 Å². The van der Waals surface area contributed by atoms with Crippen LogP contribution in [0.3, 0.4) is 0 Å². The van der Waals surface area contributed by atoms with Gasteiger partial charge in [0.2, 0.25) is 0 Å². The molecule has 19 heavy (non-hydrogen) atoms. The molecule has 0 aliphatic heterocycles. The van der Waals surface area contributed by atoms with E-state index >= 15 is 0 Å². The first-order valence-corrected chi connectivity index (χ1v) is 6.48. The molecular weight excluding hydrogens is 238 g/mol. The highest BCUT2D eigenvalue weighted by Gasteiger charge is 2.25. The van der Waals surface area contributed by atoms with Crippen LogP contribution in [0.1, 0.15) is 24.5 Å². The first-order valence-electron chi connectivity index (χ1n) is 6.48. The van der Waals surface area contributed by atoms with Gasteiger partial charge in [0.1, 0.15) is 6.33 Å². The van der Waals surface area contributed by atoms with Gasteiger partial charge in [0, 0.05) is 17.5 Å². The summed E-state index contributed by atoms with van der Waals surface area (Å²) in [6.45, 7) is 0. The molecule has 4 heteroatoms. The van der Waals surface area contributed by atoms with Crippen LogP contribution in [0.5, 0.6) is 0 Å². The van der Waals surface area contributed by atoms with E-state index in [1.165, 1.54) is 12.8 Å². The second kappa shape index (κ2) is 3.82. The van der Waals surface area contributed by atoms with E-state index in [4.69, 9.17) is 0 Å². The third-order valence-electron chi connectivity index (χ3n) is 3.63. The van der Waals surface area contributed by atoms with Gasteiger partial charge in [0.25, 0.3) is 5.56 Å². The van der Waals surface area contributed by atoms with Gasteiger partial charge in [0.05, 0.1) is 11.9 Å². The fourth-order valence-electron chi connectivity index (χ4n) is 2.40. The van der Waals surface area contributed by atoms with Gasteiger partial charge < -0.3 is 0 Å². The molecule has 0 radical (unpaired) electrons. The van der Waals surface area contributed by atoms with Crippen LogP contribution in [-0.2, 0) is 0 Å². The van der Waals surface area contributed by atoms with Crippen molar-refractivity contribution in [3.63, 3.8) is 0 Å². The molecule has 0 spiro atoms. The highest BCUT2D eigenvalue weighted by molar-refractivity contribution is 5.81. The van der Waals surface area contributed by atoms with E-state index in [-0.39, 0.29) is 5.56 Å². The van der Waals surface area contributed by atoms with E-state index in [1.54, 1.807) is 21.9 Å². The van der Waals surface area contributed by atoms with Crippen LogP contribution in [0.2, 0.25) is 0 Å². The summed E-state index contributed by atoms with van der Waals surface area (Å²) < 4.78 is 3.36. The van der Waals surface area contributed by atoms with Crippen LogP contribution in [0.4, 0.5) is 0 Å². The molecule has 4 rings (SSSR count). The summed E-state index contributed by atoms with van der Waals surface area (Å²) in [7, 11) is 0. The van der Waals surface area contributed by atoms with Crippen LogP contribution in [-0.4, -0.2) is 14.3 Å². The molecule has 0 unspecified atom stereocenters. The first kappa shape index (κ1) is 10.6. The van der Waals surface area contributed by atoms with Crippen molar-refractivity contribution in [3.05, 3.63) is 65.1 Å². The lowest BCUT2D eigenvalue weighted by molar-refractivity contribution is 0.634. The van der Waals surface area contributed by atoms with Crippen molar-refractivity contribution < 1.29 is 0 Å². The van der Waals surface area contributed by atoms with Crippen molar-refractivity contribution >= 4 is 10.8 Å². The summed E-state index contributed by atoms with van der Waals surface area (Å²) in [6.07, 6.45) is 7.88. The lowest BCUT2D eigenvalue weighted by atomic mass is 10.2. The Labute approximate surface area is 109 Å². The lowest BCUT2D eigenvalue weighted by Gasteiger charge is -2.07. The maximum atomic E-state index is 12.4. The summed E-state index contributed by atoms with van der Waals surface area (Å²) >= 11 is 0. The normalized spacial score (nSPS) is 14.9. The number of nitrogens with zero attached hydrogens (tertiary/aromatic N) is 3. The van der Waals surface area contributed by atoms with E-state index in [0.29, 0.717) is 5.92 Å². The second-order valence-electron chi connectivity index (χ2n) is 5.01. The number of aromatic nitrogens is 3. The minimum Gasteiger partial charge on any atom is -0.267 e. The Kier molecular flexibility index (Phi) is 2.12. The molecule has 4 nitrogen and oxygen atoms in total. The fraction of sp³-hybridized carbons (Fsp3) is 0.200.